The first kappa shape index (κ1) is 15.7. The van der Waals surface area contributed by atoms with E-state index in [2.05, 4.69) is 37.5 Å². The van der Waals surface area contributed by atoms with Crippen LogP contribution in [0.15, 0.2) is 24.3 Å². The number of anilines is 1. The topological polar surface area (TPSA) is 41.1 Å². The third-order valence-electron chi connectivity index (χ3n) is 3.10. The molecule has 1 rings (SSSR count). The number of amides is 1. The van der Waals surface area contributed by atoms with E-state index in [-0.39, 0.29) is 5.91 Å². The molecule has 1 amide bonds. The number of carbonyl (C=O) groups is 1. The van der Waals surface area contributed by atoms with Gasteiger partial charge in [0.1, 0.15) is 0 Å². The van der Waals surface area contributed by atoms with Gasteiger partial charge in [0.2, 0.25) is 5.91 Å². The number of nitrogens with one attached hydrogen (secondary N) is 2. The summed E-state index contributed by atoms with van der Waals surface area (Å²) in [5.74, 6) is 0.443. The molecular weight excluding hydrogens is 236 g/mol. The molecule has 0 unspecified atom stereocenters. The summed E-state index contributed by atoms with van der Waals surface area (Å²) in [5, 5.41) is 6.16. The van der Waals surface area contributed by atoms with Crippen LogP contribution in [0.5, 0.6) is 0 Å². The van der Waals surface area contributed by atoms with E-state index in [0.717, 1.165) is 18.7 Å². The molecule has 3 nitrogen and oxygen atoms in total. The molecule has 2 N–H and O–H groups in total. The highest BCUT2D eigenvalue weighted by Gasteiger charge is 2.08. The van der Waals surface area contributed by atoms with Gasteiger partial charge in [0.25, 0.3) is 0 Å². The van der Waals surface area contributed by atoms with Crippen LogP contribution >= 0.6 is 0 Å². The van der Waals surface area contributed by atoms with Crippen molar-refractivity contribution in [1.29, 1.82) is 0 Å². The maximum absolute atomic E-state index is 11.8. The Hall–Kier alpha value is -1.35. The van der Waals surface area contributed by atoms with Gasteiger partial charge in [0, 0.05) is 5.69 Å². The predicted octanol–water partition coefficient (Wildman–Crippen LogP) is 3.53. The highest BCUT2D eigenvalue weighted by Crippen LogP contribution is 2.23. The van der Waals surface area contributed by atoms with Gasteiger partial charge in [0.05, 0.1) is 6.54 Å². The summed E-state index contributed by atoms with van der Waals surface area (Å²) in [5.41, 5.74) is 2.11. The molecule has 1 aromatic carbocycles. The van der Waals surface area contributed by atoms with Crippen LogP contribution in [0.4, 0.5) is 5.69 Å². The molecule has 0 fully saturated rings. The molecule has 0 spiro atoms. The van der Waals surface area contributed by atoms with Crippen LogP contribution in [-0.2, 0) is 4.79 Å². The Kier molecular flexibility index (Phi) is 7.19. The van der Waals surface area contributed by atoms with E-state index in [0.29, 0.717) is 12.5 Å². The Bertz CT molecular complexity index is 388. The van der Waals surface area contributed by atoms with Crippen LogP contribution in [0.3, 0.4) is 0 Å². The number of carbonyl (C=O) groups excluding carboxylic acids is 1. The van der Waals surface area contributed by atoms with Crippen molar-refractivity contribution in [3.8, 4) is 0 Å². The fraction of sp³-hybridized carbons (Fsp3) is 0.562. The fourth-order valence-corrected chi connectivity index (χ4v) is 2.01. The smallest absolute Gasteiger partial charge is 0.238 e. The Morgan fingerprint density at radius 1 is 1.21 bits per heavy atom. The summed E-state index contributed by atoms with van der Waals surface area (Å²) in [6.45, 7) is 7.74. The van der Waals surface area contributed by atoms with Crippen molar-refractivity contribution in [1.82, 2.24) is 5.32 Å². The standard InChI is InChI=1S/C16H26N2O/c1-4-5-8-11-17-12-16(19)18-15-10-7-6-9-14(15)13(2)3/h6-7,9-10,13,17H,4-5,8,11-12H2,1-3H3,(H,18,19). The minimum Gasteiger partial charge on any atom is -0.325 e. The second-order valence-corrected chi connectivity index (χ2v) is 5.17. The van der Waals surface area contributed by atoms with Gasteiger partial charge >= 0.3 is 0 Å². The molecule has 0 atom stereocenters. The summed E-state index contributed by atoms with van der Waals surface area (Å²) in [7, 11) is 0. The second-order valence-electron chi connectivity index (χ2n) is 5.17. The largest absolute Gasteiger partial charge is 0.325 e. The monoisotopic (exact) mass is 262 g/mol. The summed E-state index contributed by atoms with van der Waals surface area (Å²) in [6.07, 6.45) is 3.55. The van der Waals surface area contributed by atoms with Crippen LogP contribution in [0, 0.1) is 0 Å². The number of hydrogen-bond acceptors (Lipinski definition) is 2. The van der Waals surface area contributed by atoms with Gasteiger partial charge in [-0.15, -0.1) is 0 Å². The maximum Gasteiger partial charge on any atom is 0.238 e. The molecule has 106 valence electrons. The SMILES string of the molecule is CCCCCNCC(=O)Nc1ccccc1C(C)C. The van der Waals surface area contributed by atoms with E-state index in [4.69, 9.17) is 0 Å². The van der Waals surface area contributed by atoms with Crippen LogP contribution in [-0.4, -0.2) is 19.0 Å². The third kappa shape index (κ3) is 5.88. The summed E-state index contributed by atoms with van der Waals surface area (Å²) in [4.78, 5) is 11.8. The van der Waals surface area contributed by atoms with E-state index in [9.17, 15) is 4.79 Å². The van der Waals surface area contributed by atoms with E-state index in [1.165, 1.54) is 18.4 Å². The lowest BCUT2D eigenvalue weighted by atomic mass is 10.0. The quantitative estimate of drug-likeness (QED) is 0.704. The van der Waals surface area contributed by atoms with Crippen molar-refractivity contribution in [2.45, 2.75) is 46.0 Å². The predicted molar refractivity (Wildman–Crippen MR) is 81.6 cm³/mol. The third-order valence-corrected chi connectivity index (χ3v) is 3.10. The normalized spacial score (nSPS) is 10.7. The first-order chi connectivity index (χ1) is 9.15. The zero-order valence-electron chi connectivity index (χ0n) is 12.3. The van der Waals surface area contributed by atoms with Crippen molar-refractivity contribution in [3.05, 3.63) is 29.8 Å². The van der Waals surface area contributed by atoms with E-state index in [1.807, 2.05) is 18.2 Å². The van der Waals surface area contributed by atoms with Gasteiger partial charge in [-0.1, -0.05) is 51.8 Å². The summed E-state index contributed by atoms with van der Waals surface area (Å²) < 4.78 is 0. The average Bonchev–Trinajstić information content (AvgIpc) is 2.39. The first-order valence-electron chi connectivity index (χ1n) is 7.24. The number of unbranched alkanes of at least 4 members (excludes halogenated alkanes) is 2. The minimum atomic E-state index is 0.0320. The fourth-order valence-electron chi connectivity index (χ4n) is 2.01. The van der Waals surface area contributed by atoms with Crippen molar-refractivity contribution in [2.75, 3.05) is 18.4 Å². The van der Waals surface area contributed by atoms with Gasteiger partial charge in [-0.25, -0.2) is 0 Å². The van der Waals surface area contributed by atoms with Crippen LogP contribution in [0.2, 0.25) is 0 Å². The van der Waals surface area contributed by atoms with E-state index in [1.54, 1.807) is 0 Å². The van der Waals surface area contributed by atoms with Crippen LogP contribution in [0.1, 0.15) is 51.5 Å². The minimum absolute atomic E-state index is 0.0320. The molecule has 1 aromatic rings. The number of hydrogen-bond donors (Lipinski definition) is 2. The molecule has 0 saturated heterocycles. The molecule has 0 saturated carbocycles. The van der Waals surface area contributed by atoms with Crippen LogP contribution < -0.4 is 10.6 Å². The van der Waals surface area contributed by atoms with Crippen molar-refractivity contribution < 1.29 is 4.79 Å². The molecule has 0 aliphatic heterocycles. The Labute approximate surface area is 116 Å². The zero-order valence-corrected chi connectivity index (χ0v) is 12.3. The van der Waals surface area contributed by atoms with Gasteiger partial charge in [-0.2, -0.15) is 0 Å². The molecular formula is C16H26N2O. The zero-order chi connectivity index (χ0) is 14.1. The first-order valence-corrected chi connectivity index (χ1v) is 7.24. The molecule has 0 radical (unpaired) electrons. The molecule has 0 aliphatic rings. The average molecular weight is 262 g/mol. The summed E-state index contributed by atoms with van der Waals surface area (Å²) in [6, 6.07) is 7.99. The van der Waals surface area contributed by atoms with E-state index < -0.39 is 0 Å². The van der Waals surface area contributed by atoms with Gasteiger partial charge < -0.3 is 10.6 Å². The lowest BCUT2D eigenvalue weighted by Gasteiger charge is -2.13. The molecule has 0 heterocycles. The lowest BCUT2D eigenvalue weighted by molar-refractivity contribution is -0.115. The Morgan fingerprint density at radius 3 is 2.63 bits per heavy atom. The maximum atomic E-state index is 11.8. The second kappa shape index (κ2) is 8.70. The molecule has 3 heteroatoms. The highest BCUT2D eigenvalue weighted by atomic mass is 16.1. The van der Waals surface area contributed by atoms with Crippen molar-refractivity contribution >= 4 is 11.6 Å². The van der Waals surface area contributed by atoms with E-state index >= 15 is 0 Å². The molecule has 0 aliphatic carbocycles. The lowest BCUT2D eigenvalue weighted by Crippen LogP contribution is -2.29. The number of para-hydroxylation sites is 1. The molecule has 19 heavy (non-hydrogen) atoms. The Morgan fingerprint density at radius 2 is 1.95 bits per heavy atom. The van der Waals surface area contributed by atoms with Crippen molar-refractivity contribution in [3.63, 3.8) is 0 Å². The van der Waals surface area contributed by atoms with Gasteiger partial charge in [-0.3, -0.25) is 4.79 Å². The number of rotatable bonds is 8. The Balaban J connectivity index is 2.40. The molecule has 0 bridgehead atoms. The van der Waals surface area contributed by atoms with Gasteiger partial charge in [-0.05, 0) is 30.5 Å². The van der Waals surface area contributed by atoms with Gasteiger partial charge in [0.15, 0.2) is 0 Å². The number of benzene rings is 1. The van der Waals surface area contributed by atoms with Crippen molar-refractivity contribution in [2.24, 2.45) is 0 Å². The summed E-state index contributed by atoms with van der Waals surface area (Å²) >= 11 is 0. The van der Waals surface area contributed by atoms with Crippen LogP contribution in [0.25, 0.3) is 0 Å². The highest BCUT2D eigenvalue weighted by molar-refractivity contribution is 5.93. The molecule has 0 aromatic heterocycles.